The Morgan fingerprint density at radius 3 is 2.18 bits per heavy atom. The van der Waals surface area contributed by atoms with Crippen molar-refractivity contribution in [2.45, 2.75) is 19.5 Å². The standard InChI is InChI=1S/C48H42N6O6/c1-53-41-17-12-33(24-36(41)28-50-53)30-54(29-32-8-13-34(14-9-32)35-18-21-49-22-19-35)23-20-31-10-15-37(16-11-31)51-47(56)39-25-44(58-2)45(59-3)26-40(39)52-48(57)46-27-42(55)38-6-4-5-7-43(38)60-46/h4-19,21-22,24-28H,20,23,29-30H2,1-3H3,(H,51,56)(H,52,57). The van der Waals surface area contributed by atoms with E-state index in [2.05, 4.69) is 68.1 Å². The number of fused-ring (bicyclic) bond motifs is 2. The molecule has 3 aromatic heterocycles. The number of anilines is 2. The van der Waals surface area contributed by atoms with Gasteiger partial charge in [0.25, 0.3) is 11.8 Å². The van der Waals surface area contributed by atoms with Gasteiger partial charge in [0.1, 0.15) is 5.58 Å². The number of nitrogens with one attached hydrogen (secondary N) is 2. The molecule has 0 radical (unpaired) electrons. The molecule has 2 amide bonds. The summed E-state index contributed by atoms with van der Waals surface area (Å²) in [6.07, 6.45) is 6.28. The van der Waals surface area contributed by atoms with E-state index in [0.29, 0.717) is 22.6 Å². The first kappa shape index (κ1) is 39.3. The van der Waals surface area contributed by atoms with E-state index in [-0.39, 0.29) is 28.0 Å². The van der Waals surface area contributed by atoms with E-state index < -0.39 is 11.8 Å². The highest BCUT2D eigenvalue weighted by molar-refractivity contribution is 6.12. The number of benzene rings is 5. The maximum atomic E-state index is 13.8. The Bertz CT molecular complexity index is 2870. The Balaban J connectivity index is 0.973. The monoisotopic (exact) mass is 798 g/mol. The van der Waals surface area contributed by atoms with E-state index in [9.17, 15) is 14.4 Å². The third kappa shape index (κ3) is 8.79. The zero-order chi connectivity index (χ0) is 41.6. The molecule has 12 nitrogen and oxygen atoms in total. The summed E-state index contributed by atoms with van der Waals surface area (Å²) in [6, 6.07) is 37.7. The van der Waals surface area contributed by atoms with Crippen LogP contribution in [0.5, 0.6) is 11.5 Å². The van der Waals surface area contributed by atoms with Gasteiger partial charge in [-0.1, -0.05) is 54.6 Å². The van der Waals surface area contributed by atoms with E-state index in [0.717, 1.165) is 59.7 Å². The van der Waals surface area contributed by atoms with Crippen molar-refractivity contribution in [3.05, 3.63) is 178 Å². The van der Waals surface area contributed by atoms with E-state index in [1.165, 1.54) is 37.5 Å². The number of para-hydroxylation sites is 1. The highest BCUT2D eigenvalue weighted by Gasteiger charge is 2.21. The molecule has 0 atom stereocenters. The number of rotatable bonds is 14. The Kier molecular flexibility index (Phi) is 11.5. The molecule has 2 N–H and O–H groups in total. The van der Waals surface area contributed by atoms with Gasteiger partial charge in [-0.3, -0.25) is 28.9 Å². The van der Waals surface area contributed by atoms with Crippen LogP contribution in [-0.4, -0.2) is 52.2 Å². The van der Waals surface area contributed by atoms with Crippen LogP contribution in [0.4, 0.5) is 11.4 Å². The maximum Gasteiger partial charge on any atom is 0.291 e. The maximum absolute atomic E-state index is 13.8. The van der Waals surface area contributed by atoms with Crippen molar-refractivity contribution < 1.29 is 23.5 Å². The Morgan fingerprint density at radius 1 is 0.733 bits per heavy atom. The van der Waals surface area contributed by atoms with Crippen LogP contribution < -0.4 is 25.5 Å². The number of aromatic nitrogens is 3. The number of aryl methyl sites for hydroxylation is 1. The lowest BCUT2D eigenvalue weighted by molar-refractivity contribution is 0.0997. The summed E-state index contributed by atoms with van der Waals surface area (Å²) in [5.41, 5.74) is 7.59. The van der Waals surface area contributed by atoms with Gasteiger partial charge in [-0.2, -0.15) is 5.10 Å². The molecular formula is C48H42N6O6. The molecule has 0 unspecified atom stereocenters. The lowest BCUT2D eigenvalue weighted by atomic mass is 10.0. The number of pyridine rings is 1. The van der Waals surface area contributed by atoms with Gasteiger partial charge in [-0.05, 0) is 88.8 Å². The van der Waals surface area contributed by atoms with Gasteiger partial charge < -0.3 is 24.5 Å². The minimum absolute atomic E-state index is 0.113. The second-order valence-corrected chi connectivity index (χ2v) is 14.4. The summed E-state index contributed by atoms with van der Waals surface area (Å²) < 4.78 is 18.6. The number of nitrogens with zero attached hydrogens (tertiary/aromatic N) is 4. The van der Waals surface area contributed by atoms with Crippen molar-refractivity contribution >= 4 is 45.1 Å². The number of ether oxygens (including phenoxy) is 2. The van der Waals surface area contributed by atoms with Crippen LogP contribution in [-0.2, 0) is 26.6 Å². The van der Waals surface area contributed by atoms with Gasteiger partial charge >= 0.3 is 0 Å². The number of carbonyl (C=O) groups excluding carboxylic acids is 2. The zero-order valence-electron chi connectivity index (χ0n) is 33.3. The van der Waals surface area contributed by atoms with Crippen LogP contribution >= 0.6 is 0 Å². The molecule has 12 heteroatoms. The van der Waals surface area contributed by atoms with Gasteiger partial charge in [0, 0.05) is 62.3 Å². The molecule has 5 aromatic carbocycles. The summed E-state index contributed by atoms with van der Waals surface area (Å²) in [4.78, 5) is 46.5. The van der Waals surface area contributed by atoms with E-state index >= 15 is 0 Å². The van der Waals surface area contributed by atoms with Crippen molar-refractivity contribution in [2.75, 3.05) is 31.4 Å². The first-order chi connectivity index (χ1) is 29.2. The average molecular weight is 799 g/mol. The van der Waals surface area contributed by atoms with Gasteiger partial charge in [0.05, 0.1) is 42.6 Å². The topological polar surface area (TPSA) is 141 Å². The zero-order valence-corrected chi connectivity index (χ0v) is 33.3. The average Bonchev–Trinajstić information content (AvgIpc) is 3.65. The minimum atomic E-state index is -0.711. The molecule has 0 saturated carbocycles. The van der Waals surface area contributed by atoms with Crippen LogP contribution in [0, 0.1) is 0 Å². The summed E-state index contributed by atoms with van der Waals surface area (Å²) >= 11 is 0. The highest BCUT2D eigenvalue weighted by Crippen LogP contribution is 2.34. The van der Waals surface area contributed by atoms with Gasteiger partial charge in [-0.15, -0.1) is 0 Å². The fourth-order valence-electron chi connectivity index (χ4n) is 7.20. The number of hydrogen-bond donors (Lipinski definition) is 2. The molecule has 0 saturated heterocycles. The van der Waals surface area contributed by atoms with E-state index in [1.807, 2.05) is 54.3 Å². The molecule has 0 aliphatic carbocycles. The molecule has 0 bridgehead atoms. The number of methoxy groups -OCH3 is 2. The Morgan fingerprint density at radius 2 is 1.42 bits per heavy atom. The van der Waals surface area contributed by atoms with Crippen molar-refractivity contribution in [3.63, 3.8) is 0 Å². The fraction of sp³-hybridized carbons (Fsp3) is 0.146. The molecule has 0 aliphatic heterocycles. The summed E-state index contributed by atoms with van der Waals surface area (Å²) in [5.74, 6) is -0.824. The fourth-order valence-corrected chi connectivity index (χ4v) is 7.20. The normalized spacial score (nSPS) is 11.2. The second-order valence-electron chi connectivity index (χ2n) is 14.4. The quantitative estimate of drug-likeness (QED) is 0.111. The van der Waals surface area contributed by atoms with Crippen LogP contribution in [0.25, 0.3) is 33.0 Å². The van der Waals surface area contributed by atoms with Crippen LogP contribution in [0.15, 0.2) is 149 Å². The van der Waals surface area contributed by atoms with Crippen LogP contribution in [0.3, 0.4) is 0 Å². The summed E-state index contributed by atoms with van der Waals surface area (Å²) in [5, 5.41) is 11.5. The lowest BCUT2D eigenvalue weighted by Crippen LogP contribution is -2.25. The van der Waals surface area contributed by atoms with E-state index in [4.69, 9.17) is 13.9 Å². The van der Waals surface area contributed by atoms with Gasteiger partial charge in [-0.25, -0.2) is 0 Å². The molecule has 8 rings (SSSR count). The molecule has 8 aromatic rings. The van der Waals surface area contributed by atoms with Gasteiger partial charge in [0.2, 0.25) is 0 Å². The number of amides is 2. The first-order valence-electron chi connectivity index (χ1n) is 19.4. The van der Waals surface area contributed by atoms with Crippen LogP contribution in [0.2, 0.25) is 0 Å². The minimum Gasteiger partial charge on any atom is -0.493 e. The molecule has 0 spiro atoms. The predicted octanol–water partition coefficient (Wildman–Crippen LogP) is 8.51. The van der Waals surface area contributed by atoms with E-state index in [1.54, 1.807) is 36.7 Å². The summed E-state index contributed by atoms with van der Waals surface area (Å²) in [6.45, 7) is 2.30. The smallest absolute Gasteiger partial charge is 0.291 e. The Hall–Kier alpha value is -7.57. The molecule has 3 heterocycles. The number of carbonyl (C=O) groups is 2. The predicted molar refractivity (Wildman–Crippen MR) is 233 cm³/mol. The SMILES string of the molecule is COc1cc(NC(=O)c2cc(=O)c3ccccc3o2)c(C(=O)Nc2ccc(CCN(Cc3ccc(-c4ccncc4)cc3)Cc3ccc4c(cnn4C)c3)cc2)cc1OC. The van der Waals surface area contributed by atoms with Crippen molar-refractivity contribution in [2.24, 2.45) is 7.05 Å². The Labute approximate surface area is 346 Å². The van der Waals surface area contributed by atoms with Crippen LogP contribution in [0.1, 0.15) is 37.6 Å². The third-order valence-electron chi connectivity index (χ3n) is 10.4. The molecule has 60 heavy (non-hydrogen) atoms. The van der Waals surface area contributed by atoms with Gasteiger partial charge in [0.15, 0.2) is 22.7 Å². The van der Waals surface area contributed by atoms with Crippen molar-refractivity contribution in [3.8, 4) is 22.6 Å². The molecule has 0 aliphatic rings. The second kappa shape index (κ2) is 17.5. The summed E-state index contributed by atoms with van der Waals surface area (Å²) in [7, 11) is 4.86. The van der Waals surface area contributed by atoms with Crippen molar-refractivity contribution in [1.29, 1.82) is 0 Å². The molecular weight excluding hydrogens is 757 g/mol. The first-order valence-corrected chi connectivity index (χ1v) is 19.4. The molecule has 300 valence electrons. The lowest BCUT2D eigenvalue weighted by Gasteiger charge is -2.23. The number of hydrogen-bond acceptors (Lipinski definition) is 9. The van der Waals surface area contributed by atoms with Crippen molar-refractivity contribution in [1.82, 2.24) is 19.7 Å². The third-order valence-corrected chi connectivity index (χ3v) is 10.4. The highest BCUT2D eigenvalue weighted by atomic mass is 16.5. The largest absolute Gasteiger partial charge is 0.493 e. The molecule has 0 fully saturated rings.